The van der Waals surface area contributed by atoms with Crippen molar-refractivity contribution in [3.05, 3.63) is 28.9 Å². The second-order valence-electron chi connectivity index (χ2n) is 4.42. The van der Waals surface area contributed by atoms with Gasteiger partial charge < -0.3 is 10.5 Å². The van der Waals surface area contributed by atoms with Gasteiger partial charge in [0, 0.05) is 5.56 Å². The molecule has 0 atom stereocenters. The number of halogens is 1. The van der Waals surface area contributed by atoms with Crippen molar-refractivity contribution in [1.29, 1.82) is 0 Å². The maximum Gasteiger partial charge on any atom is 0.138 e. The van der Waals surface area contributed by atoms with Crippen LogP contribution in [0.2, 0.25) is 5.02 Å². The molecule has 96 valence electrons. The number of aryl methyl sites for hydroxylation is 1. The third kappa shape index (κ3) is 2.43. The van der Waals surface area contributed by atoms with E-state index in [2.05, 4.69) is 10.2 Å². The molecule has 0 aliphatic heterocycles. The van der Waals surface area contributed by atoms with Crippen molar-refractivity contribution in [2.24, 2.45) is 0 Å². The minimum absolute atomic E-state index is 0.0889. The molecule has 1 aromatic carbocycles. The van der Waals surface area contributed by atoms with E-state index < -0.39 is 0 Å². The Morgan fingerprint density at radius 2 is 2.11 bits per heavy atom. The molecule has 5 heteroatoms. The van der Waals surface area contributed by atoms with Crippen molar-refractivity contribution in [2.45, 2.75) is 26.9 Å². The van der Waals surface area contributed by atoms with Gasteiger partial charge in [0.25, 0.3) is 0 Å². The van der Waals surface area contributed by atoms with Crippen molar-refractivity contribution < 1.29 is 4.74 Å². The number of H-pyrrole nitrogens is 1. The molecule has 0 radical (unpaired) electrons. The molecule has 0 amide bonds. The SMILES string of the molecule is Cc1[nH]nc(-c2ccc(OC(C)C)c(Cl)c2)c1N. The van der Waals surface area contributed by atoms with E-state index >= 15 is 0 Å². The summed E-state index contributed by atoms with van der Waals surface area (Å²) in [7, 11) is 0. The Bertz CT molecular complexity index is 563. The number of aromatic amines is 1. The second-order valence-corrected chi connectivity index (χ2v) is 4.83. The van der Waals surface area contributed by atoms with Crippen LogP contribution >= 0.6 is 11.6 Å². The lowest BCUT2D eigenvalue weighted by atomic mass is 10.1. The van der Waals surface area contributed by atoms with Crippen molar-refractivity contribution in [3.63, 3.8) is 0 Å². The lowest BCUT2D eigenvalue weighted by molar-refractivity contribution is 0.242. The van der Waals surface area contributed by atoms with Crippen molar-refractivity contribution in [1.82, 2.24) is 10.2 Å². The zero-order valence-electron chi connectivity index (χ0n) is 10.6. The summed E-state index contributed by atoms with van der Waals surface area (Å²) < 4.78 is 5.58. The fourth-order valence-corrected chi connectivity index (χ4v) is 1.88. The predicted molar refractivity (Wildman–Crippen MR) is 73.9 cm³/mol. The van der Waals surface area contributed by atoms with Crippen LogP contribution in [0.1, 0.15) is 19.5 Å². The number of hydrogen-bond acceptors (Lipinski definition) is 3. The van der Waals surface area contributed by atoms with Gasteiger partial charge in [-0.25, -0.2) is 0 Å². The zero-order chi connectivity index (χ0) is 13.3. The van der Waals surface area contributed by atoms with Crippen LogP contribution in [0.5, 0.6) is 5.75 Å². The average Bonchev–Trinajstić information content (AvgIpc) is 2.62. The van der Waals surface area contributed by atoms with Gasteiger partial charge in [-0.05, 0) is 39.0 Å². The lowest BCUT2D eigenvalue weighted by Gasteiger charge is -2.11. The molecule has 1 aromatic heterocycles. The maximum absolute atomic E-state index is 6.18. The second kappa shape index (κ2) is 4.90. The van der Waals surface area contributed by atoms with E-state index in [1.807, 2.05) is 39.0 Å². The molecule has 0 saturated heterocycles. The Morgan fingerprint density at radius 3 is 2.61 bits per heavy atom. The molecule has 0 spiro atoms. The van der Waals surface area contributed by atoms with Crippen LogP contribution in [0.4, 0.5) is 5.69 Å². The third-order valence-corrected chi connectivity index (χ3v) is 2.86. The summed E-state index contributed by atoms with van der Waals surface area (Å²) in [5, 5.41) is 7.58. The van der Waals surface area contributed by atoms with Gasteiger partial charge in [-0.15, -0.1) is 0 Å². The van der Waals surface area contributed by atoms with Gasteiger partial charge in [0.15, 0.2) is 0 Å². The van der Waals surface area contributed by atoms with Crippen LogP contribution in [0.3, 0.4) is 0 Å². The summed E-state index contributed by atoms with van der Waals surface area (Å²) >= 11 is 6.18. The molecule has 3 N–H and O–H groups in total. The molecule has 0 fully saturated rings. The molecule has 0 unspecified atom stereocenters. The number of ether oxygens (including phenoxy) is 1. The molecule has 0 bridgehead atoms. The van der Waals surface area contributed by atoms with Crippen molar-refractivity contribution in [3.8, 4) is 17.0 Å². The van der Waals surface area contributed by atoms with E-state index in [4.69, 9.17) is 22.1 Å². The van der Waals surface area contributed by atoms with E-state index in [1.165, 1.54) is 0 Å². The number of nitrogens with two attached hydrogens (primary N) is 1. The predicted octanol–water partition coefficient (Wildman–Crippen LogP) is 3.41. The van der Waals surface area contributed by atoms with Gasteiger partial charge in [-0.3, -0.25) is 5.10 Å². The standard InChI is InChI=1S/C13H16ClN3O/c1-7(2)18-11-5-4-9(6-10(11)14)13-12(15)8(3)16-17-13/h4-7H,15H2,1-3H3,(H,16,17). The fourth-order valence-electron chi connectivity index (χ4n) is 1.66. The Morgan fingerprint density at radius 1 is 1.39 bits per heavy atom. The van der Waals surface area contributed by atoms with Gasteiger partial charge in [-0.1, -0.05) is 11.6 Å². The number of aromatic nitrogens is 2. The Balaban J connectivity index is 2.37. The highest BCUT2D eigenvalue weighted by Crippen LogP contribution is 2.33. The molecule has 0 aliphatic carbocycles. The van der Waals surface area contributed by atoms with E-state index in [0.29, 0.717) is 22.2 Å². The zero-order valence-corrected chi connectivity index (χ0v) is 11.4. The van der Waals surface area contributed by atoms with Crippen LogP contribution < -0.4 is 10.5 Å². The normalized spacial score (nSPS) is 10.9. The van der Waals surface area contributed by atoms with E-state index in [0.717, 1.165) is 11.3 Å². The monoisotopic (exact) mass is 265 g/mol. The number of nitrogens with one attached hydrogen (secondary N) is 1. The summed E-state index contributed by atoms with van der Waals surface area (Å²) in [5.74, 6) is 0.668. The number of anilines is 1. The van der Waals surface area contributed by atoms with Crippen LogP contribution in [0, 0.1) is 6.92 Å². The average molecular weight is 266 g/mol. The summed E-state index contributed by atoms with van der Waals surface area (Å²) in [4.78, 5) is 0. The molecule has 4 nitrogen and oxygen atoms in total. The van der Waals surface area contributed by atoms with Gasteiger partial charge in [0.2, 0.25) is 0 Å². The summed E-state index contributed by atoms with van der Waals surface area (Å²) in [6, 6.07) is 5.54. The summed E-state index contributed by atoms with van der Waals surface area (Å²) in [6.45, 7) is 5.79. The quantitative estimate of drug-likeness (QED) is 0.894. The van der Waals surface area contributed by atoms with Crippen LogP contribution in [0.25, 0.3) is 11.3 Å². The molecule has 2 rings (SSSR count). The van der Waals surface area contributed by atoms with Crippen LogP contribution in [-0.2, 0) is 0 Å². The third-order valence-electron chi connectivity index (χ3n) is 2.56. The first-order valence-corrected chi connectivity index (χ1v) is 6.14. The number of nitrogens with zero attached hydrogens (tertiary/aromatic N) is 1. The van der Waals surface area contributed by atoms with Crippen LogP contribution in [-0.4, -0.2) is 16.3 Å². The Labute approximate surface area is 111 Å². The van der Waals surface area contributed by atoms with E-state index in [1.54, 1.807) is 0 Å². The lowest BCUT2D eigenvalue weighted by Crippen LogP contribution is -2.05. The topological polar surface area (TPSA) is 63.9 Å². The highest BCUT2D eigenvalue weighted by molar-refractivity contribution is 6.32. The first-order valence-electron chi connectivity index (χ1n) is 5.76. The Hall–Kier alpha value is -1.68. The van der Waals surface area contributed by atoms with Crippen molar-refractivity contribution in [2.75, 3.05) is 5.73 Å². The van der Waals surface area contributed by atoms with Gasteiger partial charge in [0.1, 0.15) is 11.4 Å². The first-order chi connectivity index (χ1) is 8.49. The number of nitrogen functional groups attached to an aromatic ring is 1. The number of hydrogen-bond donors (Lipinski definition) is 2. The smallest absolute Gasteiger partial charge is 0.138 e. The van der Waals surface area contributed by atoms with E-state index in [-0.39, 0.29) is 6.10 Å². The van der Waals surface area contributed by atoms with Crippen LogP contribution in [0.15, 0.2) is 18.2 Å². The summed E-state index contributed by atoms with van der Waals surface area (Å²) in [5.41, 5.74) is 9.01. The van der Waals surface area contributed by atoms with Gasteiger partial charge >= 0.3 is 0 Å². The molecule has 1 heterocycles. The van der Waals surface area contributed by atoms with Gasteiger partial charge in [-0.2, -0.15) is 5.10 Å². The first kappa shape index (κ1) is 12.8. The largest absolute Gasteiger partial charge is 0.489 e. The summed E-state index contributed by atoms with van der Waals surface area (Å²) in [6.07, 6.45) is 0.0889. The molecular formula is C13H16ClN3O. The molecule has 2 aromatic rings. The van der Waals surface area contributed by atoms with Gasteiger partial charge in [0.05, 0.1) is 22.5 Å². The highest BCUT2D eigenvalue weighted by atomic mass is 35.5. The minimum Gasteiger partial charge on any atom is -0.489 e. The Kier molecular flexibility index (Phi) is 3.48. The molecule has 0 aliphatic rings. The molecular weight excluding hydrogens is 250 g/mol. The fraction of sp³-hybridized carbons (Fsp3) is 0.308. The number of benzene rings is 1. The minimum atomic E-state index is 0.0889. The number of rotatable bonds is 3. The molecule has 0 saturated carbocycles. The highest BCUT2D eigenvalue weighted by Gasteiger charge is 2.12. The molecule has 18 heavy (non-hydrogen) atoms. The maximum atomic E-state index is 6.18. The van der Waals surface area contributed by atoms with E-state index in [9.17, 15) is 0 Å². The van der Waals surface area contributed by atoms with Crippen molar-refractivity contribution >= 4 is 17.3 Å².